The number of methoxy groups -OCH3 is 1. The van der Waals surface area contributed by atoms with E-state index in [9.17, 15) is 9.59 Å². The minimum atomic E-state index is -0.749. The van der Waals surface area contributed by atoms with E-state index in [0.717, 1.165) is 16.3 Å². The number of rotatable bonds is 4. The van der Waals surface area contributed by atoms with Crippen molar-refractivity contribution in [2.24, 2.45) is 0 Å². The van der Waals surface area contributed by atoms with Crippen molar-refractivity contribution in [1.82, 2.24) is 4.90 Å². The molecule has 0 aliphatic rings. The number of carbonyl (C=O) groups is 2. The molecule has 5 nitrogen and oxygen atoms in total. The highest BCUT2D eigenvalue weighted by atomic mass is 16.6. The van der Waals surface area contributed by atoms with Gasteiger partial charge in [-0.15, -0.1) is 0 Å². The number of fused-ring (bicyclic) bond motifs is 1. The summed E-state index contributed by atoms with van der Waals surface area (Å²) in [5, 5.41) is 2.21. The van der Waals surface area contributed by atoms with Gasteiger partial charge in [-0.25, -0.2) is 9.59 Å². The molecule has 2 aromatic carbocycles. The number of esters is 1. The summed E-state index contributed by atoms with van der Waals surface area (Å²) in [6, 6.07) is 13.2. The highest BCUT2D eigenvalue weighted by Crippen LogP contribution is 2.19. The number of hydrogen-bond acceptors (Lipinski definition) is 4. The highest BCUT2D eigenvalue weighted by Gasteiger charge is 2.31. The van der Waals surface area contributed by atoms with Crippen molar-refractivity contribution in [2.45, 2.75) is 38.8 Å². The van der Waals surface area contributed by atoms with Gasteiger partial charge in [0.05, 0.1) is 7.11 Å². The third-order valence-electron chi connectivity index (χ3n) is 3.87. The molecule has 2 aromatic rings. The van der Waals surface area contributed by atoms with Gasteiger partial charge in [-0.05, 0) is 37.1 Å². The van der Waals surface area contributed by atoms with E-state index >= 15 is 0 Å². The Bertz CT molecular complexity index is 764. The molecule has 134 valence electrons. The molecule has 5 heteroatoms. The van der Waals surface area contributed by atoms with Crippen molar-refractivity contribution < 1.29 is 19.1 Å². The Morgan fingerprint density at radius 2 is 1.72 bits per heavy atom. The van der Waals surface area contributed by atoms with Crippen LogP contribution in [-0.2, 0) is 20.7 Å². The molecule has 1 amide bonds. The Kier molecular flexibility index (Phi) is 5.67. The van der Waals surface area contributed by atoms with E-state index in [-0.39, 0.29) is 0 Å². The molecule has 0 aliphatic carbocycles. The van der Waals surface area contributed by atoms with Gasteiger partial charge in [0, 0.05) is 13.5 Å². The first-order chi connectivity index (χ1) is 11.7. The van der Waals surface area contributed by atoms with Crippen LogP contribution in [0, 0.1) is 0 Å². The van der Waals surface area contributed by atoms with Crippen molar-refractivity contribution in [1.29, 1.82) is 0 Å². The summed E-state index contributed by atoms with van der Waals surface area (Å²) in [5.74, 6) is -0.471. The van der Waals surface area contributed by atoms with Crippen molar-refractivity contribution in [3.63, 3.8) is 0 Å². The minimum absolute atomic E-state index is 0.354. The lowest BCUT2D eigenvalue weighted by Crippen LogP contribution is -2.46. The molecular formula is C20H25NO4. The molecular weight excluding hydrogens is 318 g/mol. The van der Waals surface area contributed by atoms with Gasteiger partial charge in [-0.3, -0.25) is 4.90 Å². The van der Waals surface area contributed by atoms with E-state index < -0.39 is 23.7 Å². The zero-order valence-electron chi connectivity index (χ0n) is 15.4. The fourth-order valence-corrected chi connectivity index (χ4v) is 2.56. The number of nitrogens with zero attached hydrogens (tertiary/aromatic N) is 1. The smallest absolute Gasteiger partial charge is 0.410 e. The monoisotopic (exact) mass is 343 g/mol. The van der Waals surface area contributed by atoms with Crippen LogP contribution in [-0.4, -0.2) is 42.8 Å². The van der Waals surface area contributed by atoms with Crippen molar-refractivity contribution >= 4 is 22.8 Å². The van der Waals surface area contributed by atoms with Crippen LogP contribution < -0.4 is 0 Å². The van der Waals surface area contributed by atoms with Gasteiger partial charge in [0.25, 0.3) is 0 Å². The maximum Gasteiger partial charge on any atom is 0.410 e. The van der Waals surface area contributed by atoms with E-state index in [2.05, 4.69) is 0 Å². The van der Waals surface area contributed by atoms with Crippen LogP contribution in [0.25, 0.3) is 10.8 Å². The zero-order chi connectivity index (χ0) is 18.6. The third-order valence-corrected chi connectivity index (χ3v) is 3.87. The van der Waals surface area contributed by atoms with Crippen LogP contribution in [0.15, 0.2) is 42.5 Å². The summed E-state index contributed by atoms with van der Waals surface area (Å²) in [6.45, 7) is 5.36. The van der Waals surface area contributed by atoms with E-state index in [0.29, 0.717) is 6.42 Å². The summed E-state index contributed by atoms with van der Waals surface area (Å²) >= 11 is 0. The average Bonchev–Trinajstić information content (AvgIpc) is 2.56. The molecule has 0 radical (unpaired) electrons. The molecule has 1 atom stereocenters. The van der Waals surface area contributed by atoms with Gasteiger partial charge < -0.3 is 9.47 Å². The molecule has 0 bridgehead atoms. The highest BCUT2D eigenvalue weighted by molar-refractivity contribution is 5.84. The van der Waals surface area contributed by atoms with E-state index in [1.807, 2.05) is 42.5 Å². The van der Waals surface area contributed by atoms with Gasteiger partial charge >= 0.3 is 12.1 Å². The van der Waals surface area contributed by atoms with Crippen LogP contribution in [0.3, 0.4) is 0 Å². The molecule has 2 rings (SSSR count). The second-order valence-corrected chi connectivity index (χ2v) is 7.02. The predicted molar refractivity (Wildman–Crippen MR) is 97.5 cm³/mol. The number of benzene rings is 2. The summed E-state index contributed by atoms with van der Waals surface area (Å²) in [7, 11) is 2.87. The number of ether oxygens (including phenoxy) is 2. The van der Waals surface area contributed by atoms with Gasteiger partial charge in [-0.1, -0.05) is 42.5 Å². The Balaban J connectivity index is 2.24. The quantitative estimate of drug-likeness (QED) is 0.793. The Morgan fingerprint density at radius 3 is 2.32 bits per heavy atom. The van der Waals surface area contributed by atoms with Gasteiger partial charge in [0.2, 0.25) is 0 Å². The van der Waals surface area contributed by atoms with Crippen LogP contribution in [0.5, 0.6) is 0 Å². The van der Waals surface area contributed by atoms with Crippen LogP contribution in [0.4, 0.5) is 4.79 Å². The lowest BCUT2D eigenvalue weighted by molar-refractivity contribution is -0.146. The maximum atomic E-state index is 12.3. The van der Waals surface area contributed by atoms with Crippen molar-refractivity contribution in [2.75, 3.05) is 14.2 Å². The number of hydrogen-bond donors (Lipinski definition) is 0. The summed E-state index contributed by atoms with van der Waals surface area (Å²) in [4.78, 5) is 25.8. The lowest BCUT2D eigenvalue weighted by Gasteiger charge is -2.29. The molecule has 25 heavy (non-hydrogen) atoms. The normalized spacial score (nSPS) is 12.5. The number of likely N-dealkylation sites (N-methyl/N-ethyl adjacent to an activating group) is 1. The molecule has 1 unspecified atom stereocenters. The summed E-state index contributed by atoms with van der Waals surface area (Å²) in [6.07, 6.45) is -0.198. The minimum Gasteiger partial charge on any atom is -0.467 e. The molecule has 0 aromatic heterocycles. The van der Waals surface area contributed by atoms with E-state index in [1.54, 1.807) is 27.8 Å². The maximum absolute atomic E-state index is 12.3. The number of amides is 1. The molecule has 0 heterocycles. The first kappa shape index (κ1) is 18.8. The van der Waals surface area contributed by atoms with Crippen LogP contribution in [0.1, 0.15) is 26.3 Å². The molecule has 0 saturated carbocycles. The van der Waals surface area contributed by atoms with Crippen LogP contribution >= 0.6 is 0 Å². The molecule has 0 fully saturated rings. The van der Waals surface area contributed by atoms with Crippen LogP contribution in [0.2, 0.25) is 0 Å². The fraction of sp³-hybridized carbons (Fsp3) is 0.400. The summed E-state index contributed by atoms with van der Waals surface area (Å²) < 4.78 is 10.2. The van der Waals surface area contributed by atoms with E-state index in [1.165, 1.54) is 12.0 Å². The van der Waals surface area contributed by atoms with E-state index in [4.69, 9.17) is 9.47 Å². The largest absolute Gasteiger partial charge is 0.467 e. The fourth-order valence-electron chi connectivity index (χ4n) is 2.56. The lowest BCUT2D eigenvalue weighted by atomic mass is 10.0. The first-order valence-electron chi connectivity index (χ1n) is 8.22. The SMILES string of the molecule is COC(=O)C(Cc1ccc2ccccc2c1)N(C)C(=O)OC(C)(C)C. The van der Waals surface area contributed by atoms with Gasteiger partial charge in [0.15, 0.2) is 0 Å². The van der Waals surface area contributed by atoms with Crippen molar-refractivity contribution in [3.8, 4) is 0 Å². The zero-order valence-corrected chi connectivity index (χ0v) is 15.4. The van der Waals surface area contributed by atoms with Crippen molar-refractivity contribution in [3.05, 3.63) is 48.0 Å². The Morgan fingerprint density at radius 1 is 1.08 bits per heavy atom. The average molecular weight is 343 g/mol. The van der Waals surface area contributed by atoms with Gasteiger partial charge in [0.1, 0.15) is 11.6 Å². The first-order valence-corrected chi connectivity index (χ1v) is 8.22. The second kappa shape index (κ2) is 7.55. The molecule has 0 saturated heterocycles. The Labute approximate surface area is 148 Å². The standard InChI is InChI=1S/C20H25NO4/c1-20(2,3)25-19(23)21(4)17(18(22)24-5)13-14-10-11-15-8-6-7-9-16(15)12-14/h6-12,17H,13H2,1-5H3. The number of carbonyl (C=O) groups excluding carboxylic acids is 2. The topological polar surface area (TPSA) is 55.8 Å². The summed E-state index contributed by atoms with van der Waals surface area (Å²) in [5.41, 5.74) is 0.319. The third kappa shape index (κ3) is 4.95. The molecule has 0 aliphatic heterocycles. The van der Waals surface area contributed by atoms with Gasteiger partial charge in [-0.2, -0.15) is 0 Å². The Hall–Kier alpha value is -2.56. The molecule has 0 spiro atoms. The second-order valence-electron chi connectivity index (χ2n) is 7.02. The molecule has 0 N–H and O–H groups in total. The predicted octanol–water partition coefficient (Wildman–Crippen LogP) is 3.79.